The molecular formula is C24H26N2O4. The van der Waals surface area contributed by atoms with Crippen LogP contribution in [0.5, 0.6) is 5.75 Å². The van der Waals surface area contributed by atoms with Crippen molar-refractivity contribution < 1.29 is 19.4 Å². The lowest BCUT2D eigenvalue weighted by Gasteiger charge is -2.34. The van der Waals surface area contributed by atoms with E-state index in [4.69, 9.17) is 4.74 Å². The molecule has 2 aliphatic rings. The molecule has 0 saturated carbocycles. The standard InChI is InChI=1S/C24H26N2O4/c1-16-8-10-18(11-9-16)21-22(25-12-4-5-17(14-25)15-27)24(29)26(23(21)28)19-6-3-7-20(13-19)30-2/h3,6-11,13,17,27H,4-5,12,14-15H2,1-2H3. The quantitative estimate of drug-likeness (QED) is 0.773. The van der Waals surface area contributed by atoms with Crippen LogP contribution in [0.25, 0.3) is 5.57 Å². The van der Waals surface area contributed by atoms with Gasteiger partial charge in [-0.2, -0.15) is 0 Å². The van der Waals surface area contributed by atoms with Crippen LogP contribution in [0.2, 0.25) is 0 Å². The van der Waals surface area contributed by atoms with E-state index in [0.717, 1.165) is 24.0 Å². The van der Waals surface area contributed by atoms with Crippen molar-refractivity contribution >= 4 is 23.1 Å². The minimum atomic E-state index is -0.335. The molecule has 6 heteroatoms. The number of ether oxygens (including phenoxy) is 1. The molecule has 156 valence electrons. The summed E-state index contributed by atoms with van der Waals surface area (Å²) in [6.45, 7) is 3.31. The normalized spacial score (nSPS) is 19.6. The minimum absolute atomic E-state index is 0.0748. The molecule has 2 aliphatic heterocycles. The number of rotatable bonds is 5. The van der Waals surface area contributed by atoms with Gasteiger partial charge in [-0.05, 0) is 43.4 Å². The van der Waals surface area contributed by atoms with Crippen LogP contribution < -0.4 is 9.64 Å². The van der Waals surface area contributed by atoms with E-state index in [-0.39, 0.29) is 24.3 Å². The highest BCUT2D eigenvalue weighted by Gasteiger charge is 2.43. The number of aliphatic hydroxyl groups is 1. The zero-order valence-corrected chi connectivity index (χ0v) is 17.3. The van der Waals surface area contributed by atoms with E-state index in [2.05, 4.69) is 0 Å². The summed E-state index contributed by atoms with van der Waals surface area (Å²) in [6.07, 6.45) is 1.79. The van der Waals surface area contributed by atoms with Crippen LogP contribution in [0.4, 0.5) is 5.69 Å². The van der Waals surface area contributed by atoms with Gasteiger partial charge < -0.3 is 14.7 Å². The molecule has 0 radical (unpaired) electrons. The second-order valence-electron chi connectivity index (χ2n) is 7.87. The van der Waals surface area contributed by atoms with Crippen LogP contribution in [0, 0.1) is 12.8 Å². The van der Waals surface area contributed by atoms with Crippen molar-refractivity contribution in [3.63, 3.8) is 0 Å². The SMILES string of the molecule is COc1cccc(N2C(=O)C(c3ccc(C)cc3)=C(N3CCCC(CO)C3)C2=O)c1. The molecule has 1 atom stereocenters. The number of anilines is 1. The summed E-state index contributed by atoms with van der Waals surface area (Å²) in [6, 6.07) is 14.6. The number of benzene rings is 2. The molecule has 2 aromatic carbocycles. The molecule has 30 heavy (non-hydrogen) atoms. The molecule has 0 spiro atoms. The molecule has 2 aromatic rings. The summed E-state index contributed by atoms with van der Waals surface area (Å²) in [5.41, 5.74) is 3.14. The van der Waals surface area contributed by atoms with E-state index >= 15 is 0 Å². The first-order valence-electron chi connectivity index (χ1n) is 10.2. The Morgan fingerprint density at radius 2 is 1.87 bits per heavy atom. The van der Waals surface area contributed by atoms with E-state index in [1.807, 2.05) is 36.1 Å². The van der Waals surface area contributed by atoms with Gasteiger partial charge in [0.2, 0.25) is 0 Å². The Balaban J connectivity index is 1.81. The Hall–Kier alpha value is -3.12. The van der Waals surface area contributed by atoms with Gasteiger partial charge in [-0.3, -0.25) is 9.59 Å². The Morgan fingerprint density at radius 1 is 1.10 bits per heavy atom. The summed E-state index contributed by atoms with van der Waals surface area (Å²) in [5.74, 6) is 0.0108. The Bertz CT molecular complexity index is 997. The van der Waals surface area contributed by atoms with Gasteiger partial charge in [-0.15, -0.1) is 0 Å². The van der Waals surface area contributed by atoms with Gasteiger partial charge in [0.1, 0.15) is 11.4 Å². The van der Waals surface area contributed by atoms with Crippen molar-refractivity contribution in [2.45, 2.75) is 19.8 Å². The molecule has 0 aromatic heterocycles. The fourth-order valence-corrected chi connectivity index (χ4v) is 4.19. The predicted octanol–water partition coefficient (Wildman–Crippen LogP) is 2.99. The average molecular weight is 406 g/mol. The second kappa shape index (κ2) is 8.32. The van der Waals surface area contributed by atoms with Crippen LogP contribution in [0.1, 0.15) is 24.0 Å². The van der Waals surface area contributed by atoms with Crippen LogP contribution in [0.15, 0.2) is 54.2 Å². The Labute approximate surface area is 176 Å². The highest BCUT2D eigenvalue weighted by molar-refractivity contribution is 6.45. The van der Waals surface area contributed by atoms with E-state index in [1.165, 1.54) is 4.90 Å². The lowest BCUT2D eigenvalue weighted by Crippen LogP contribution is -2.40. The topological polar surface area (TPSA) is 70.1 Å². The third-order valence-electron chi connectivity index (χ3n) is 5.80. The molecule has 1 unspecified atom stereocenters. The van der Waals surface area contributed by atoms with Crippen molar-refractivity contribution in [3.8, 4) is 5.75 Å². The van der Waals surface area contributed by atoms with Gasteiger partial charge in [0.25, 0.3) is 11.8 Å². The van der Waals surface area contributed by atoms with Crippen LogP contribution in [-0.2, 0) is 9.59 Å². The van der Waals surface area contributed by atoms with Crippen LogP contribution in [0.3, 0.4) is 0 Å². The fraction of sp³-hybridized carbons (Fsp3) is 0.333. The molecule has 6 nitrogen and oxygen atoms in total. The van der Waals surface area contributed by atoms with Crippen molar-refractivity contribution in [3.05, 3.63) is 65.4 Å². The first-order chi connectivity index (χ1) is 14.5. The molecular weight excluding hydrogens is 380 g/mol. The summed E-state index contributed by atoms with van der Waals surface area (Å²) < 4.78 is 5.28. The van der Waals surface area contributed by atoms with Gasteiger partial charge >= 0.3 is 0 Å². The number of likely N-dealkylation sites (tertiary alicyclic amines) is 1. The lowest BCUT2D eigenvalue weighted by atomic mass is 9.96. The first kappa shape index (κ1) is 20.2. The highest BCUT2D eigenvalue weighted by atomic mass is 16.5. The van der Waals surface area contributed by atoms with Gasteiger partial charge in [-0.1, -0.05) is 35.9 Å². The number of piperidine rings is 1. The predicted molar refractivity (Wildman–Crippen MR) is 115 cm³/mol. The number of amides is 2. The monoisotopic (exact) mass is 406 g/mol. The number of carbonyl (C=O) groups is 2. The highest BCUT2D eigenvalue weighted by Crippen LogP contribution is 2.37. The van der Waals surface area contributed by atoms with Gasteiger partial charge in [0.05, 0.1) is 18.4 Å². The van der Waals surface area contributed by atoms with Gasteiger partial charge in [0.15, 0.2) is 0 Å². The summed E-state index contributed by atoms with van der Waals surface area (Å²) >= 11 is 0. The minimum Gasteiger partial charge on any atom is -0.497 e. The zero-order chi connectivity index (χ0) is 21.3. The maximum Gasteiger partial charge on any atom is 0.282 e. The van der Waals surface area contributed by atoms with Gasteiger partial charge in [0, 0.05) is 25.8 Å². The largest absolute Gasteiger partial charge is 0.497 e. The molecule has 2 heterocycles. The zero-order valence-electron chi connectivity index (χ0n) is 17.3. The lowest BCUT2D eigenvalue weighted by molar-refractivity contribution is -0.120. The number of methoxy groups -OCH3 is 1. The third kappa shape index (κ3) is 3.59. The van der Waals surface area contributed by atoms with Crippen LogP contribution >= 0.6 is 0 Å². The third-order valence-corrected chi connectivity index (χ3v) is 5.80. The Kier molecular flexibility index (Phi) is 5.59. The van der Waals surface area contributed by atoms with Gasteiger partial charge in [-0.25, -0.2) is 4.90 Å². The van der Waals surface area contributed by atoms with Crippen molar-refractivity contribution in [1.29, 1.82) is 0 Å². The fourth-order valence-electron chi connectivity index (χ4n) is 4.19. The molecule has 4 rings (SSSR count). The number of nitrogens with zero attached hydrogens (tertiary/aromatic N) is 2. The first-order valence-corrected chi connectivity index (χ1v) is 10.2. The van der Waals surface area contributed by atoms with E-state index in [9.17, 15) is 14.7 Å². The van der Waals surface area contributed by atoms with Crippen molar-refractivity contribution in [1.82, 2.24) is 4.90 Å². The second-order valence-corrected chi connectivity index (χ2v) is 7.87. The molecule has 2 amide bonds. The van der Waals surface area contributed by atoms with E-state index < -0.39 is 0 Å². The molecule has 0 bridgehead atoms. The molecule has 1 fully saturated rings. The average Bonchev–Trinajstić information content (AvgIpc) is 3.04. The maximum absolute atomic E-state index is 13.6. The number of aliphatic hydroxyl groups excluding tert-OH is 1. The number of carbonyl (C=O) groups excluding carboxylic acids is 2. The van der Waals surface area contributed by atoms with E-state index in [1.54, 1.807) is 31.4 Å². The molecule has 0 aliphatic carbocycles. The Morgan fingerprint density at radius 3 is 2.57 bits per heavy atom. The summed E-state index contributed by atoms with van der Waals surface area (Å²) in [4.78, 5) is 30.3. The number of hydrogen-bond acceptors (Lipinski definition) is 5. The smallest absolute Gasteiger partial charge is 0.282 e. The number of imide groups is 1. The number of aryl methyl sites for hydroxylation is 1. The molecule has 1 saturated heterocycles. The van der Waals surface area contributed by atoms with Crippen LogP contribution in [-0.4, -0.2) is 48.6 Å². The summed E-state index contributed by atoms with van der Waals surface area (Å²) in [7, 11) is 1.55. The maximum atomic E-state index is 13.6. The summed E-state index contributed by atoms with van der Waals surface area (Å²) in [5, 5.41) is 9.65. The molecule has 1 N–H and O–H groups in total. The van der Waals surface area contributed by atoms with Crippen molar-refractivity contribution in [2.24, 2.45) is 5.92 Å². The van der Waals surface area contributed by atoms with Crippen molar-refractivity contribution in [2.75, 3.05) is 31.7 Å². The number of hydrogen-bond donors (Lipinski definition) is 1. The van der Waals surface area contributed by atoms with E-state index in [0.29, 0.717) is 35.8 Å².